The molecule has 0 aromatic heterocycles. The number of aryl methyl sites for hydroxylation is 3. The summed E-state index contributed by atoms with van der Waals surface area (Å²) in [5.74, 6) is -0.934. The van der Waals surface area contributed by atoms with Gasteiger partial charge < -0.3 is 20.3 Å². The van der Waals surface area contributed by atoms with Crippen molar-refractivity contribution in [2.45, 2.75) is 79.5 Å². The summed E-state index contributed by atoms with van der Waals surface area (Å²) in [6.07, 6.45) is 1.55. The molecule has 2 N–H and O–H groups in total. The first-order chi connectivity index (χ1) is 17.8. The fourth-order valence-electron chi connectivity index (χ4n) is 4.18. The van der Waals surface area contributed by atoms with E-state index in [1.807, 2.05) is 77.1 Å². The Hall–Kier alpha value is -3.61. The van der Waals surface area contributed by atoms with Crippen LogP contribution < -0.4 is 10.6 Å². The number of para-hydroxylation sites is 1. The Morgan fingerprint density at radius 1 is 1.03 bits per heavy atom. The van der Waals surface area contributed by atoms with Gasteiger partial charge in [0.15, 0.2) is 0 Å². The number of benzene rings is 2. The maximum absolute atomic E-state index is 14.1. The third kappa shape index (κ3) is 8.20. The highest BCUT2D eigenvalue weighted by Gasteiger charge is 2.37. The minimum atomic E-state index is -0.952. The maximum atomic E-state index is 14.1. The van der Waals surface area contributed by atoms with Crippen LogP contribution in [0.15, 0.2) is 55.1 Å². The van der Waals surface area contributed by atoms with Gasteiger partial charge in [-0.05, 0) is 64.2 Å². The fraction of sp³-hybridized carbons (Fsp3) is 0.452. The minimum absolute atomic E-state index is 0.112. The molecule has 0 aliphatic heterocycles. The lowest BCUT2D eigenvalue weighted by molar-refractivity contribution is -0.141. The summed E-state index contributed by atoms with van der Waals surface area (Å²) in [4.78, 5) is 42.3. The van der Waals surface area contributed by atoms with Gasteiger partial charge in [0, 0.05) is 12.2 Å². The molecule has 0 spiro atoms. The van der Waals surface area contributed by atoms with Gasteiger partial charge in [-0.25, -0.2) is 4.79 Å². The minimum Gasteiger partial charge on any atom is -0.444 e. The molecular formula is C31H43N3O4. The summed E-state index contributed by atoms with van der Waals surface area (Å²) in [5, 5.41) is 5.83. The largest absolute Gasteiger partial charge is 0.444 e. The smallest absolute Gasteiger partial charge is 0.408 e. The first-order valence-corrected chi connectivity index (χ1v) is 13.1. The van der Waals surface area contributed by atoms with Gasteiger partial charge in [0.1, 0.15) is 17.7 Å². The zero-order chi connectivity index (χ0) is 28.6. The monoisotopic (exact) mass is 521 g/mol. The number of hydrogen-bond acceptors (Lipinski definition) is 4. The van der Waals surface area contributed by atoms with E-state index in [-0.39, 0.29) is 24.3 Å². The molecule has 206 valence electrons. The molecule has 7 heteroatoms. The third-order valence-electron chi connectivity index (χ3n) is 6.44. The van der Waals surface area contributed by atoms with E-state index in [4.69, 9.17) is 4.74 Å². The zero-order valence-corrected chi connectivity index (χ0v) is 24.1. The molecule has 3 unspecified atom stereocenters. The highest BCUT2D eigenvalue weighted by molar-refractivity contribution is 6.00. The summed E-state index contributed by atoms with van der Waals surface area (Å²) in [5.41, 5.74) is 3.54. The molecule has 7 nitrogen and oxygen atoms in total. The topological polar surface area (TPSA) is 87.7 Å². The Morgan fingerprint density at radius 3 is 2.11 bits per heavy atom. The average molecular weight is 522 g/mol. The van der Waals surface area contributed by atoms with Gasteiger partial charge in [0.05, 0.1) is 0 Å². The molecule has 0 aliphatic rings. The van der Waals surface area contributed by atoms with Crippen LogP contribution in [0.3, 0.4) is 0 Å². The number of amides is 3. The van der Waals surface area contributed by atoms with Crippen molar-refractivity contribution in [2.75, 3.05) is 11.9 Å². The van der Waals surface area contributed by atoms with Crippen LogP contribution in [0.1, 0.15) is 69.3 Å². The lowest BCUT2D eigenvalue weighted by Crippen LogP contribution is -2.54. The first-order valence-electron chi connectivity index (χ1n) is 13.1. The van der Waals surface area contributed by atoms with Crippen molar-refractivity contribution in [3.05, 3.63) is 77.4 Å². The summed E-state index contributed by atoms with van der Waals surface area (Å²) in [6.45, 7) is 18.9. The van der Waals surface area contributed by atoms with Crippen molar-refractivity contribution in [1.29, 1.82) is 0 Å². The third-order valence-corrected chi connectivity index (χ3v) is 6.44. The van der Waals surface area contributed by atoms with Gasteiger partial charge in [-0.1, -0.05) is 74.4 Å². The van der Waals surface area contributed by atoms with Gasteiger partial charge in [-0.15, -0.1) is 6.58 Å². The zero-order valence-electron chi connectivity index (χ0n) is 24.1. The molecule has 0 bridgehead atoms. The fourth-order valence-corrected chi connectivity index (χ4v) is 4.18. The Labute approximate surface area is 227 Å². The second-order valence-corrected chi connectivity index (χ2v) is 10.9. The SMILES string of the molecule is C=CCN(C(=O)C(NC(=O)OC(C)(C)C)C(C)CC)C(C(=O)Nc1c(C)cccc1C)c1ccc(C)cc1. The van der Waals surface area contributed by atoms with Crippen molar-refractivity contribution < 1.29 is 19.1 Å². The molecule has 0 saturated heterocycles. The van der Waals surface area contributed by atoms with E-state index in [2.05, 4.69) is 17.2 Å². The predicted molar refractivity (Wildman–Crippen MR) is 153 cm³/mol. The van der Waals surface area contributed by atoms with E-state index in [9.17, 15) is 14.4 Å². The highest BCUT2D eigenvalue weighted by atomic mass is 16.6. The average Bonchev–Trinajstić information content (AvgIpc) is 2.83. The standard InChI is InChI=1S/C31H43N3O4/c1-10-19-34(29(36)26(21(4)11-2)33-30(37)38-31(7,8)9)27(24-17-15-20(3)16-18-24)28(35)32-25-22(5)13-12-14-23(25)6/h10,12-18,21,26-27H,1,11,19H2,2-9H3,(H,32,35)(H,33,37). The number of carbonyl (C=O) groups is 3. The van der Waals surface area contributed by atoms with Crippen LogP contribution in [-0.4, -0.2) is 41.0 Å². The second-order valence-electron chi connectivity index (χ2n) is 10.9. The summed E-state index contributed by atoms with van der Waals surface area (Å²) < 4.78 is 5.44. The van der Waals surface area contributed by atoms with Crippen LogP contribution in [0.25, 0.3) is 0 Å². The number of carbonyl (C=O) groups excluding carboxylic acids is 3. The molecule has 0 fully saturated rings. The summed E-state index contributed by atoms with van der Waals surface area (Å²) >= 11 is 0. The number of anilines is 1. The number of rotatable bonds is 10. The maximum Gasteiger partial charge on any atom is 0.408 e. The molecule has 3 atom stereocenters. The van der Waals surface area contributed by atoms with Gasteiger partial charge >= 0.3 is 6.09 Å². The quantitative estimate of drug-likeness (QED) is 0.362. The first kappa shape index (κ1) is 30.6. The van der Waals surface area contributed by atoms with E-state index < -0.39 is 23.8 Å². The van der Waals surface area contributed by atoms with Crippen LogP contribution in [0.2, 0.25) is 0 Å². The van der Waals surface area contributed by atoms with Gasteiger partial charge in [0.2, 0.25) is 5.91 Å². The van der Waals surface area contributed by atoms with E-state index in [1.165, 1.54) is 4.90 Å². The van der Waals surface area contributed by atoms with Crippen LogP contribution in [-0.2, 0) is 14.3 Å². The van der Waals surface area contributed by atoms with Gasteiger partial charge in [-0.3, -0.25) is 9.59 Å². The van der Waals surface area contributed by atoms with E-state index in [1.54, 1.807) is 26.8 Å². The van der Waals surface area contributed by atoms with Crippen molar-refractivity contribution in [2.24, 2.45) is 5.92 Å². The molecule has 0 heterocycles. The van der Waals surface area contributed by atoms with Crippen LogP contribution in [0.5, 0.6) is 0 Å². The molecule has 0 radical (unpaired) electrons. The Kier molecular flexibility index (Phi) is 10.7. The van der Waals surface area contributed by atoms with Gasteiger partial charge in [-0.2, -0.15) is 0 Å². The Balaban J connectivity index is 2.55. The molecular weight excluding hydrogens is 478 g/mol. The molecule has 0 aliphatic carbocycles. The number of ether oxygens (including phenoxy) is 1. The number of hydrogen-bond donors (Lipinski definition) is 2. The van der Waals surface area contributed by atoms with Gasteiger partial charge in [0.25, 0.3) is 5.91 Å². The van der Waals surface area contributed by atoms with E-state index in [0.29, 0.717) is 17.7 Å². The molecule has 38 heavy (non-hydrogen) atoms. The number of nitrogens with one attached hydrogen (secondary N) is 2. The lowest BCUT2D eigenvalue weighted by atomic mass is 9.95. The van der Waals surface area contributed by atoms with E-state index in [0.717, 1.165) is 16.7 Å². The molecule has 3 amide bonds. The van der Waals surface area contributed by atoms with Crippen LogP contribution >= 0.6 is 0 Å². The van der Waals surface area contributed by atoms with Crippen LogP contribution in [0, 0.1) is 26.7 Å². The van der Waals surface area contributed by atoms with Crippen molar-refractivity contribution >= 4 is 23.6 Å². The second kappa shape index (κ2) is 13.3. The lowest BCUT2D eigenvalue weighted by Gasteiger charge is -2.35. The van der Waals surface area contributed by atoms with Crippen LogP contribution in [0.4, 0.5) is 10.5 Å². The normalized spacial score (nSPS) is 13.6. The molecule has 2 aromatic carbocycles. The highest BCUT2D eigenvalue weighted by Crippen LogP contribution is 2.28. The summed E-state index contributed by atoms with van der Waals surface area (Å²) in [7, 11) is 0. The molecule has 0 saturated carbocycles. The van der Waals surface area contributed by atoms with Crippen molar-refractivity contribution in [3.8, 4) is 0 Å². The van der Waals surface area contributed by atoms with Crippen molar-refractivity contribution in [3.63, 3.8) is 0 Å². The Morgan fingerprint density at radius 2 is 1.61 bits per heavy atom. The summed E-state index contributed by atoms with van der Waals surface area (Å²) in [6, 6.07) is 11.5. The Bertz CT molecular complexity index is 1110. The molecule has 2 aromatic rings. The van der Waals surface area contributed by atoms with E-state index >= 15 is 0 Å². The number of alkyl carbamates (subject to hydrolysis) is 1. The number of nitrogens with zero attached hydrogens (tertiary/aromatic N) is 1. The predicted octanol–water partition coefficient (Wildman–Crippen LogP) is 6.25. The van der Waals surface area contributed by atoms with Crippen molar-refractivity contribution in [1.82, 2.24) is 10.2 Å². The molecule has 2 rings (SSSR count).